The molecule has 0 aliphatic heterocycles. The number of thiocarbonyl (C=S) groups is 1. The molecule has 0 spiro atoms. The van der Waals surface area contributed by atoms with Gasteiger partial charge in [0.25, 0.3) is 0 Å². The maximum absolute atomic E-state index is 9.17. The van der Waals surface area contributed by atoms with E-state index in [9.17, 15) is 0 Å². The molecule has 1 rings (SSSR count). The lowest BCUT2D eigenvalue weighted by molar-refractivity contribution is 0.403. The fraction of sp³-hybridized carbons (Fsp3) is 0.222. The molecule has 4 nitrogen and oxygen atoms in total. The third-order valence-corrected chi connectivity index (χ3v) is 2.12. The van der Waals surface area contributed by atoms with Crippen molar-refractivity contribution in [1.82, 2.24) is 0 Å². The standard InChI is InChI=1S/C9H11NO3S/c10-6(9(13)14)3-5-1-2-7(11)8(12)4-5/h1-2,4,6,11-12H,3,10H2,(H,13,14)/t6-/m0/s1. The molecule has 0 bridgehead atoms. The SMILES string of the molecule is N[C@@H](Cc1ccc(O)c(O)c1)C(O)=S. The lowest BCUT2D eigenvalue weighted by Crippen LogP contribution is -2.30. The van der Waals surface area contributed by atoms with Crippen molar-refractivity contribution in [1.29, 1.82) is 0 Å². The Bertz CT molecular complexity index is 354. The zero-order chi connectivity index (χ0) is 10.7. The molecule has 14 heavy (non-hydrogen) atoms. The molecule has 0 saturated carbocycles. The maximum atomic E-state index is 9.17. The fourth-order valence-corrected chi connectivity index (χ4v) is 1.12. The van der Waals surface area contributed by atoms with E-state index in [0.717, 1.165) is 0 Å². The summed E-state index contributed by atoms with van der Waals surface area (Å²) in [5, 5.41) is 26.8. The predicted octanol–water partition coefficient (Wildman–Crippen LogP) is 0.853. The minimum Gasteiger partial charge on any atom is -0.504 e. The second-order valence-corrected chi connectivity index (χ2v) is 3.39. The number of aliphatic hydroxyl groups is 1. The van der Waals surface area contributed by atoms with E-state index in [1.54, 1.807) is 6.07 Å². The third-order valence-electron chi connectivity index (χ3n) is 1.81. The second kappa shape index (κ2) is 4.26. The Kier molecular flexibility index (Phi) is 3.27. The van der Waals surface area contributed by atoms with E-state index < -0.39 is 6.04 Å². The van der Waals surface area contributed by atoms with Gasteiger partial charge in [0.1, 0.15) is 0 Å². The smallest absolute Gasteiger partial charge is 0.174 e. The number of hydrogen-bond acceptors (Lipinski definition) is 4. The first-order chi connectivity index (χ1) is 6.50. The molecular formula is C9H11NO3S. The first-order valence-electron chi connectivity index (χ1n) is 4.00. The van der Waals surface area contributed by atoms with Crippen molar-refractivity contribution in [3.05, 3.63) is 23.8 Å². The lowest BCUT2D eigenvalue weighted by atomic mass is 10.1. The monoisotopic (exact) mass is 213 g/mol. The Hall–Kier alpha value is -1.33. The van der Waals surface area contributed by atoms with Crippen molar-refractivity contribution in [2.45, 2.75) is 12.5 Å². The van der Waals surface area contributed by atoms with Gasteiger partial charge in [-0.15, -0.1) is 0 Å². The summed E-state index contributed by atoms with van der Waals surface area (Å²) in [4.78, 5) is 0. The average molecular weight is 213 g/mol. The largest absolute Gasteiger partial charge is 0.504 e. The van der Waals surface area contributed by atoms with Crippen LogP contribution in [0.25, 0.3) is 0 Å². The van der Waals surface area contributed by atoms with E-state index in [4.69, 9.17) is 21.1 Å². The van der Waals surface area contributed by atoms with Gasteiger partial charge in [-0.2, -0.15) is 0 Å². The highest BCUT2D eigenvalue weighted by Gasteiger charge is 2.09. The van der Waals surface area contributed by atoms with Gasteiger partial charge >= 0.3 is 0 Å². The van der Waals surface area contributed by atoms with Crippen molar-refractivity contribution in [2.75, 3.05) is 0 Å². The van der Waals surface area contributed by atoms with Gasteiger partial charge in [0, 0.05) is 0 Å². The van der Waals surface area contributed by atoms with Gasteiger partial charge in [-0.05, 0) is 36.3 Å². The number of benzene rings is 1. The molecule has 0 fully saturated rings. The molecule has 1 aromatic rings. The van der Waals surface area contributed by atoms with Gasteiger partial charge in [-0.25, -0.2) is 0 Å². The summed E-state index contributed by atoms with van der Waals surface area (Å²) in [5.41, 5.74) is 6.20. The van der Waals surface area contributed by atoms with Crippen LogP contribution in [-0.2, 0) is 6.42 Å². The van der Waals surface area contributed by atoms with Gasteiger partial charge in [-0.1, -0.05) is 6.07 Å². The minimum atomic E-state index is -0.631. The summed E-state index contributed by atoms with van der Waals surface area (Å²) < 4.78 is 0. The second-order valence-electron chi connectivity index (χ2n) is 2.97. The molecule has 1 aromatic carbocycles. The summed E-state index contributed by atoms with van der Waals surface area (Å²) in [7, 11) is 0. The molecule has 1 atom stereocenters. The highest BCUT2D eigenvalue weighted by atomic mass is 32.1. The van der Waals surface area contributed by atoms with Crippen LogP contribution < -0.4 is 5.73 Å². The molecular weight excluding hydrogens is 202 g/mol. The summed E-state index contributed by atoms with van der Waals surface area (Å²) in [6, 6.07) is 3.72. The molecule has 0 heterocycles. The summed E-state index contributed by atoms with van der Waals surface area (Å²) in [5.74, 6) is -0.396. The molecule has 0 amide bonds. The summed E-state index contributed by atoms with van der Waals surface area (Å²) in [6.45, 7) is 0. The summed E-state index contributed by atoms with van der Waals surface area (Å²) >= 11 is 4.49. The van der Waals surface area contributed by atoms with E-state index in [2.05, 4.69) is 12.2 Å². The van der Waals surface area contributed by atoms with Crippen LogP contribution >= 0.6 is 12.2 Å². The number of aromatic hydroxyl groups is 2. The van der Waals surface area contributed by atoms with Crippen LogP contribution in [0, 0.1) is 0 Å². The number of nitrogens with two attached hydrogens (primary N) is 1. The molecule has 5 N–H and O–H groups in total. The van der Waals surface area contributed by atoms with E-state index >= 15 is 0 Å². The Labute approximate surface area is 86.6 Å². The van der Waals surface area contributed by atoms with Crippen LogP contribution in [0.3, 0.4) is 0 Å². The fourth-order valence-electron chi connectivity index (χ4n) is 1.04. The zero-order valence-corrected chi connectivity index (χ0v) is 8.16. The van der Waals surface area contributed by atoms with Crippen LogP contribution in [0.15, 0.2) is 18.2 Å². The Balaban J connectivity index is 2.78. The van der Waals surface area contributed by atoms with Crippen molar-refractivity contribution in [2.24, 2.45) is 5.73 Å². The highest BCUT2D eigenvalue weighted by molar-refractivity contribution is 7.80. The van der Waals surface area contributed by atoms with Gasteiger partial charge in [0.2, 0.25) is 0 Å². The third kappa shape index (κ3) is 2.58. The zero-order valence-electron chi connectivity index (χ0n) is 7.34. The molecule has 76 valence electrons. The molecule has 0 unspecified atom stereocenters. The highest BCUT2D eigenvalue weighted by Crippen LogP contribution is 2.25. The maximum Gasteiger partial charge on any atom is 0.174 e. The number of rotatable bonds is 3. The molecule has 5 heteroatoms. The first-order valence-corrected chi connectivity index (χ1v) is 4.41. The normalized spacial score (nSPS) is 12.4. The average Bonchev–Trinajstić information content (AvgIpc) is 2.11. The Morgan fingerprint density at radius 3 is 2.50 bits per heavy atom. The van der Waals surface area contributed by atoms with Crippen molar-refractivity contribution < 1.29 is 15.3 Å². The molecule has 0 saturated heterocycles. The van der Waals surface area contributed by atoms with Crippen LogP contribution in [0.5, 0.6) is 11.5 Å². The van der Waals surface area contributed by atoms with Gasteiger partial charge in [0.15, 0.2) is 16.5 Å². The number of phenols is 2. The minimum absolute atomic E-state index is 0.186. The molecule has 0 aliphatic carbocycles. The molecule has 0 aliphatic rings. The lowest BCUT2D eigenvalue weighted by Gasteiger charge is -2.08. The van der Waals surface area contributed by atoms with E-state index in [0.29, 0.717) is 12.0 Å². The van der Waals surface area contributed by atoms with Crippen LogP contribution in [-0.4, -0.2) is 26.4 Å². The molecule has 0 aromatic heterocycles. The van der Waals surface area contributed by atoms with Crippen LogP contribution in [0.2, 0.25) is 0 Å². The quantitative estimate of drug-likeness (QED) is 0.442. The van der Waals surface area contributed by atoms with Gasteiger partial charge in [0.05, 0.1) is 6.04 Å². The number of phenolic OH excluding ortho intramolecular Hbond substituents is 2. The van der Waals surface area contributed by atoms with Crippen molar-refractivity contribution in [3.8, 4) is 11.5 Å². The van der Waals surface area contributed by atoms with Gasteiger partial charge in [-0.3, -0.25) is 0 Å². The van der Waals surface area contributed by atoms with E-state index in [1.807, 2.05) is 0 Å². The number of aliphatic hydroxyl groups excluding tert-OH is 1. The van der Waals surface area contributed by atoms with E-state index in [-0.39, 0.29) is 16.5 Å². The van der Waals surface area contributed by atoms with Crippen LogP contribution in [0.1, 0.15) is 5.56 Å². The number of hydrogen-bond donors (Lipinski definition) is 4. The Morgan fingerprint density at radius 2 is 2.00 bits per heavy atom. The molecule has 0 radical (unpaired) electrons. The van der Waals surface area contributed by atoms with Crippen molar-refractivity contribution in [3.63, 3.8) is 0 Å². The predicted molar refractivity (Wildman–Crippen MR) is 56.7 cm³/mol. The first kappa shape index (κ1) is 10.7. The topological polar surface area (TPSA) is 86.7 Å². The van der Waals surface area contributed by atoms with Gasteiger partial charge < -0.3 is 21.1 Å². The van der Waals surface area contributed by atoms with Crippen molar-refractivity contribution >= 4 is 17.3 Å². The summed E-state index contributed by atoms with van der Waals surface area (Å²) in [6.07, 6.45) is 0.323. The van der Waals surface area contributed by atoms with Crippen LogP contribution in [0.4, 0.5) is 0 Å². The van der Waals surface area contributed by atoms with E-state index in [1.165, 1.54) is 12.1 Å². The Morgan fingerprint density at radius 1 is 1.36 bits per heavy atom.